The fourth-order valence-corrected chi connectivity index (χ4v) is 4.04. The predicted octanol–water partition coefficient (Wildman–Crippen LogP) is 0.185. The average molecular weight is 306 g/mol. The standard InChI is InChI=1S/C12H22N2O5S/c1-12(2)8-14(5-6-19-12)20(17,18)13-10(7-11(15)16)9-3-4-9/h9-10,13H,3-8H2,1-2H3,(H,15,16)/t10-/m0/s1. The zero-order valence-electron chi connectivity index (χ0n) is 11.8. The monoisotopic (exact) mass is 306 g/mol. The van der Waals surface area contributed by atoms with Crippen molar-refractivity contribution in [3.8, 4) is 0 Å². The van der Waals surface area contributed by atoms with Gasteiger partial charge < -0.3 is 9.84 Å². The first-order valence-corrected chi connectivity index (χ1v) is 8.27. The summed E-state index contributed by atoms with van der Waals surface area (Å²) < 4.78 is 34.1. The summed E-state index contributed by atoms with van der Waals surface area (Å²) in [5, 5.41) is 8.88. The number of morpholine rings is 1. The molecule has 0 aromatic carbocycles. The number of carboxylic acids is 1. The third kappa shape index (κ3) is 4.15. The van der Waals surface area contributed by atoms with Gasteiger partial charge in [-0.2, -0.15) is 17.4 Å². The smallest absolute Gasteiger partial charge is 0.304 e. The minimum atomic E-state index is -3.66. The summed E-state index contributed by atoms with van der Waals surface area (Å²) in [6, 6.07) is -0.511. The SMILES string of the molecule is CC1(C)CN(S(=O)(=O)N[C@@H](CC(=O)O)C2CC2)CCO1. The molecule has 1 aliphatic heterocycles. The first-order valence-electron chi connectivity index (χ1n) is 6.83. The number of hydrogen-bond acceptors (Lipinski definition) is 4. The van der Waals surface area contributed by atoms with E-state index in [0.29, 0.717) is 13.2 Å². The van der Waals surface area contributed by atoms with Gasteiger partial charge >= 0.3 is 5.97 Å². The maximum Gasteiger partial charge on any atom is 0.304 e. The van der Waals surface area contributed by atoms with E-state index in [2.05, 4.69) is 4.72 Å². The number of nitrogens with zero attached hydrogens (tertiary/aromatic N) is 1. The maximum absolute atomic E-state index is 12.4. The first kappa shape index (κ1) is 15.7. The highest BCUT2D eigenvalue weighted by Crippen LogP contribution is 2.34. The van der Waals surface area contributed by atoms with Crippen molar-refractivity contribution < 1.29 is 23.1 Å². The van der Waals surface area contributed by atoms with Crippen molar-refractivity contribution in [2.24, 2.45) is 5.92 Å². The van der Waals surface area contributed by atoms with Gasteiger partial charge in [-0.05, 0) is 32.6 Å². The van der Waals surface area contributed by atoms with Gasteiger partial charge in [-0.25, -0.2) is 0 Å². The van der Waals surface area contributed by atoms with Crippen LogP contribution in [0.1, 0.15) is 33.1 Å². The molecule has 7 nitrogen and oxygen atoms in total. The Morgan fingerprint density at radius 1 is 1.50 bits per heavy atom. The van der Waals surface area contributed by atoms with Crippen LogP contribution in [0.15, 0.2) is 0 Å². The zero-order valence-corrected chi connectivity index (χ0v) is 12.6. The lowest BCUT2D eigenvalue weighted by molar-refractivity contribution is -0.137. The van der Waals surface area contributed by atoms with Crippen molar-refractivity contribution in [2.75, 3.05) is 19.7 Å². The summed E-state index contributed by atoms with van der Waals surface area (Å²) in [7, 11) is -3.66. The van der Waals surface area contributed by atoms with Crippen molar-refractivity contribution >= 4 is 16.2 Å². The normalized spacial score (nSPS) is 25.3. The fraction of sp³-hybridized carbons (Fsp3) is 0.917. The van der Waals surface area contributed by atoms with Gasteiger partial charge in [0.1, 0.15) is 0 Å². The van der Waals surface area contributed by atoms with E-state index in [0.717, 1.165) is 12.8 Å². The van der Waals surface area contributed by atoms with Crippen LogP contribution in [-0.4, -0.2) is 55.1 Å². The zero-order chi connectivity index (χ0) is 15.0. The highest BCUT2D eigenvalue weighted by Gasteiger charge is 2.39. The minimum Gasteiger partial charge on any atom is -0.481 e. The summed E-state index contributed by atoms with van der Waals surface area (Å²) in [6.45, 7) is 4.59. The van der Waals surface area contributed by atoms with Crippen LogP contribution in [0.25, 0.3) is 0 Å². The topological polar surface area (TPSA) is 95.9 Å². The molecule has 0 amide bonds. The van der Waals surface area contributed by atoms with E-state index in [-0.39, 0.29) is 18.9 Å². The van der Waals surface area contributed by atoms with Crippen LogP contribution >= 0.6 is 0 Å². The quantitative estimate of drug-likeness (QED) is 0.730. The second-order valence-electron chi connectivity index (χ2n) is 6.11. The lowest BCUT2D eigenvalue weighted by atomic mass is 10.1. The third-order valence-corrected chi connectivity index (χ3v) is 5.21. The molecular weight excluding hydrogens is 284 g/mol. The Bertz CT molecular complexity index is 472. The van der Waals surface area contributed by atoms with Crippen molar-refractivity contribution in [3.63, 3.8) is 0 Å². The second-order valence-corrected chi connectivity index (χ2v) is 7.81. The van der Waals surface area contributed by atoms with Crippen molar-refractivity contribution in [2.45, 2.75) is 44.8 Å². The fourth-order valence-electron chi connectivity index (χ4n) is 2.44. The van der Waals surface area contributed by atoms with Crippen LogP contribution in [0.3, 0.4) is 0 Å². The average Bonchev–Trinajstić information content (AvgIpc) is 3.09. The second kappa shape index (κ2) is 5.59. The molecule has 1 heterocycles. The number of ether oxygens (including phenoxy) is 1. The van der Waals surface area contributed by atoms with Crippen LogP contribution in [0.4, 0.5) is 0 Å². The number of hydrogen-bond donors (Lipinski definition) is 2. The molecule has 2 fully saturated rings. The van der Waals surface area contributed by atoms with E-state index in [9.17, 15) is 13.2 Å². The molecule has 2 N–H and O–H groups in total. The summed E-state index contributed by atoms with van der Waals surface area (Å²) >= 11 is 0. The Balaban J connectivity index is 2.03. The Hall–Kier alpha value is -0.700. The Morgan fingerprint density at radius 3 is 2.65 bits per heavy atom. The number of rotatable bonds is 6. The summed E-state index contributed by atoms with van der Waals surface area (Å²) in [5.41, 5.74) is -0.519. The largest absolute Gasteiger partial charge is 0.481 e. The molecule has 0 aromatic heterocycles. The molecule has 1 atom stereocenters. The van der Waals surface area contributed by atoms with Crippen LogP contribution in [-0.2, 0) is 19.7 Å². The molecule has 0 spiro atoms. The lowest BCUT2D eigenvalue weighted by Gasteiger charge is -2.37. The summed E-state index contributed by atoms with van der Waals surface area (Å²) in [5.74, 6) is -0.832. The van der Waals surface area contributed by atoms with Crippen LogP contribution < -0.4 is 4.72 Å². The molecule has 2 rings (SSSR count). The molecule has 0 radical (unpaired) electrons. The molecule has 1 aliphatic carbocycles. The van der Waals surface area contributed by atoms with Crippen LogP contribution in [0.2, 0.25) is 0 Å². The molecule has 1 saturated carbocycles. The number of carbonyl (C=O) groups is 1. The van der Waals surface area contributed by atoms with E-state index in [1.165, 1.54) is 4.31 Å². The molecule has 0 bridgehead atoms. The van der Waals surface area contributed by atoms with Gasteiger partial charge in [-0.15, -0.1) is 0 Å². The minimum absolute atomic E-state index is 0.148. The van der Waals surface area contributed by atoms with Crippen LogP contribution in [0.5, 0.6) is 0 Å². The predicted molar refractivity (Wildman–Crippen MR) is 72.4 cm³/mol. The Labute approximate surface area is 119 Å². The molecule has 0 unspecified atom stereocenters. The van der Waals surface area contributed by atoms with E-state index in [4.69, 9.17) is 9.84 Å². The van der Waals surface area contributed by atoms with Gasteiger partial charge in [0, 0.05) is 19.1 Å². The van der Waals surface area contributed by atoms with Crippen molar-refractivity contribution in [1.29, 1.82) is 0 Å². The van der Waals surface area contributed by atoms with E-state index >= 15 is 0 Å². The molecule has 20 heavy (non-hydrogen) atoms. The van der Waals surface area contributed by atoms with Crippen molar-refractivity contribution in [1.82, 2.24) is 9.03 Å². The molecule has 116 valence electrons. The van der Waals surface area contributed by atoms with E-state index < -0.39 is 27.8 Å². The highest BCUT2D eigenvalue weighted by molar-refractivity contribution is 7.87. The van der Waals surface area contributed by atoms with Crippen LogP contribution in [0, 0.1) is 5.92 Å². The van der Waals surface area contributed by atoms with Crippen molar-refractivity contribution in [3.05, 3.63) is 0 Å². The van der Waals surface area contributed by atoms with E-state index in [1.54, 1.807) is 0 Å². The van der Waals surface area contributed by atoms with Gasteiger partial charge in [0.25, 0.3) is 10.2 Å². The van der Waals surface area contributed by atoms with Gasteiger partial charge in [0.15, 0.2) is 0 Å². The van der Waals surface area contributed by atoms with Gasteiger partial charge in [0.05, 0.1) is 18.6 Å². The molecule has 2 aliphatic rings. The summed E-state index contributed by atoms with van der Waals surface area (Å²) in [6.07, 6.45) is 1.60. The molecular formula is C12H22N2O5S. The maximum atomic E-state index is 12.4. The first-order chi connectivity index (χ1) is 9.20. The van der Waals surface area contributed by atoms with Gasteiger partial charge in [-0.1, -0.05) is 0 Å². The molecule has 8 heteroatoms. The molecule has 0 aromatic rings. The molecule has 1 saturated heterocycles. The number of aliphatic carboxylic acids is 1. The Kier molecular flexibility index (Phi) is 4.38. The summed E-state index contributed by atoms with van der Waals surface area (Å²) in [4.78, 5) is 10.8. The number of carboxylic acid groups (broad SMARTS) is 1. The number of nitrogens with one attached hydrogen (secondary N) is 1. The Morgan fingerprint density at radius 2 is 2.15 bits per heavy atom. The third-order valence-electron chi connectivity index (χ3n) is 3.62. The van der Waals surface area contributed by atoms with Gasteiger partial charge in [0.2, 0.25) is 0 Å². The van der Waals surface area contributed by atoms with Gasteiger partial charge in [-0.3, -0.25) is 4.79 Å². The highest BCUT2D eigenvalue weighted by atomic mass is 32.2. The lowest BCUT2D eigenvalue weighted by Crippen LogP contribution is -2.55. The van der Waals surface area contributed by atoms with E-state index in [1.807, 2.05) is 13.8 Å².